The zero-order chi connectivity index (χ0) is 10.8. The van der Waals surface area contributed by atoms with Gasteiger partial charge < -0.3 is 20.3 Å². The summed E-state index contributed by atoms with van der Waals surface area (Å²) in [4.78, 5) is 0. The number of hydrogen-bond donors (Lipinski definition) is 2. The van der Waals surface area contributed by atoms with Crippen molar-refractivity contribution >= 4 is 11.6 Å². The van der Waals surface area contributed by atoms with Crippen molar-refractivity contribution in [2.75, 3.05) is 19.8 Å². The first kappa shape index (κ1) is 10.5. The molecule has 0 saturated heterocycles. The number of fused-ring (bicyclic) bond motifs is 1. The van der Waals surface area contributed by atoms with Gasteiger partial charge in [0.1, 0.15) is 13.2 Å². The van der Waals surface area contributed by atoms with Gasteiger partial charge in [0.15, 0.2) is 11.5 Å². The Balaban J connectivity index is 2.43. The lowest BCUT2D eigenvalue weighted by molar-refractivity contribution is 0.167. The zero-order valence-corrected chi connectivity index (χ0v) is 8.83. The van der Waals surface area contributed by atoms with Gasteiger partial charge >= 0.3 is 0 Å². The smallest absolute Gasteiger partial charge is 0.180 e. The summed E-state index contributed by atoms with van der Waals surface area (Å²) >= 11 is 6.08. The minimum absolute atomic E-state index is 0.124. The Morgan fingerprint density at radius 2 is 2.13 bits per heavy atom. The van der Waals surface area contributed by atoms with E-state index < -0.39 is 6.10 Å². The lowest BCUT2D eigenvalue weighted by Gasteiger charge is -2.21. The summed E-state index contributed by atoms with van der Waals surface area (Å²) in [6.45, 7) is 1.11. The molecule has 1 atom stereocenters. The van der Waals surface area contributed by atoms with Crippen molar-refractivity contribution in [3.63, 3.8) is 0 Å². The van der Waals surface area contributed by atoms with Crippen molar-refractivity contribution in [3.05, 3.63) is 22.7 Å². The minimum atomic E-state index is -0.770. The van der Waals surface area contributed by atoms with Crippen molar-refractivity contribution in [1.29, 1.82) is 0 Å². The van der Waals surface area contributed by atoms with Gasteiger partial charge in [-0.25, -0.2) is 0 Å². The molecule has 1 heterocycles. The Morgan fingerprint density at radius 3 is 2.87 bits per heavy atom. The van der Waals surface area contributed by atoms with E-state index in [-0.39, 0.29) is 6.54 Å². The second-order valence-corrected chi connectivity index (χ2v) is 3.62. The van der Waals surface area contributed by atoms with E-state index in [2.05, 4.69) is 0 Å². The highest BCUT2D eigenvalue weighted by atomic mass is 35.5. The van der Waals surface area contributed by atoms with Crippen molar-refractivity contribution in [3.8, 4) is 11.5 Å². The molecule has 1 aromatic rings. The number of ether oxygens (including phenoxy) is 2. The van der Waals surface area contributed by atoms with Crippen LogP contribution in [0.5, 0.6) is 11.5 Å². The van der Waals surface area contributed by atoms with Crippen LogP contribution in [0.2, 0.25) is 5.02 Å². The number of aliphatic hydroxyl groups excluding tert-OH is 1. The molecule has 1 aromatic carbocycles. The summed E-state index contributed by atoms with van der Waals surface area (Å²) < 4.78 is 10.7. The van der Waals surface area contributed by atoms with E-state index >= 15 is 0 Å². The average molecular weight is 230 g/mol. The molecule has 1 aliphatic rings. The van der Waals surface area contributed by atoms with Gasteiger partial charge in [-0.3, -0.25) is 0 Å². The first-order valence-electron chi connectivity index (χ1n) is 4.70. The molecule has 2 rings (SSSR count). The van der Waals surface area contributed by atoms with Gasteiger partial charge in [-0.2, -0.15) is 0 Å². The predicted octanol–water partition coefficient (Wildman–Crippen LogP) is 1.10. The van der Waals surface area contributed by atoms with Crippen molar-refractivity contribution in [1.82, 2.24) is 0 Å². The third-order valence-corrected chi connectivity index (χ3v) is 2.65. The Kier molecular flexibility index (Phi) is 3.00. The maximum Gasteiger partial charge on any atom is 0.180 e. The number of hydrogen-bond acceptors (Lipinski definition) is 4. The van der Waals surface area contributed by atoms with Crippen LogP contribution in [-0.2, 0) is 0 Å². The summed E-state index contributed by atoms with van der Waals surface area (Å²) in [5.74, 6) is 1.10. The van der Waals surface area contributed by atoms with E-state index in [0.29, 0.717) is 35.3 Å². The third kappa shape index (κ3) is 1.88. The maximum atomic E-state index is 9.61. The van der Waals surface area contributed by atoms with Crippen LogP contribution in [0.15, 0.2) is 12.1 Å². The fourth-order valence-electron chi connectivity index (χ4n) is 1.48. The van der Waals surface area contributed by atoms with Gasteiger partial charge in [-0.05, 0) is 6.07 Å². The molecule has 4 nitrogen and oxygen atoms in total. The van der Waals surface area contributed by atoms with E-state index in [1.165, 1.54) is 0 Å². The Labute approximate surface area is 92.5 Å². The van der Waals surface area contributed by atoms with Crippen LogP contribution < -0.4 is 15.2 Å². The molecule has 5 heteroatoms. The fraction of sp³-hybridized carbons (Fsp3) is 0.400. The zero-order valence-electron chi connectivity index (χ0n) is 8.07. The van der Waals surface area contributed by atoms with Gasteiger partial charge in [0.25, 0.3) is 0 Å². The molecular formula is C10H12ClNO3. The SMILES string of the molecule is NCC(O)c1ccc2c(c1Cl)OCCO2. The number of benzene rings is 1. The molecule has 0 saturated carbocycles. The van der Waals surface area contributed by atoms with Crippen LogP contribution in [0.1, 0.15) is 11.7 Å². The molecule has 1 aliphatic heterocycles. The standard InChI is InChI=1S/C10H12ClNO3/c11-9-6(7(13)5-12)1-2-8-10(9)15-4-3-14-8/h1-2,7,13H,3-5,12H2. The van der Waals surface area contributed by atoms with Gasteiger partial charge in [-0.1, -0.05) is 17.7 Å². The second kappa shape index (κ2) is 4.26. The van der Waals surface area contributed by atoms with Gasteiger partial charge in [0.05, 0.1) is 11.1 Å². The monoisotopic (exact) mass is 229 g/mol. The minimum Gasteiger partial charge on any atom is -0.486 e. The molecule has 1 unspecified atom stereocenters. The number of aliphatic hydroxyl groups is 1. The van der Waals surface area contributed by atoms with E-state index in [4.69, 9.17) is 26.8 Å². The molecule has 0 radical (unpaired) electrons. The van der Waals surface area contributed by atoms with E-state index in [0.717, 1.165) is 0 Å². The first-order valence-corrected chi connectivity index (χ1v) is 5.08. The Hall–Kier alpha value is -0.970. The topological polar surface area (TPSA) is 64.7 Å². The molecule has 0 aromatic heterocycles. The second-order valence-electron chi connectivity index (χ2n) is 3.24. The van der Waals surface area contributed by atoms with Crippen LogP contribution >= 0.6 is 11.6 Å². The molecule has 82 valence electrons. The maximum absolute atomic E-state index is 9.61. The van der Waals surface area contributed by atoms with Crippen LogP contribution in [0.4, 0.5) is 0 Å². The highest BCUT2D eigenvalue weighted by Gasteiger charge is 2.20. The molecular weight excluding hydrogens is 218 g/mol. The molecule has 0 spiro atoms. The van der Waals surface area contributed by atoms with Crippen LogP contribution in [-0.4, -0.2) is 24.9 Å². The molecule has 0 fully saturated rings. The number of halogens is 1. The summed E-state index contributed by atoms with van der Waals surface area (Å²) in [7, 11) is 0. The van der Waals surface area contributed by atoms with E-state index in [1.807, 2.05) is 0 Å². The average Bonchev–Trinajstić information content (AvgIpc) is 2.29. The van der Waals surface area contributed by atoms with Crippen molar-refractivity contribution in [2.24, 2.45) is 5.73 Å². The highest BCUT2D eigenvalue weighted by molar-refractivity contribution is 6.33. The van der Waals surface area contributed by atoms with Gasteiger partial charge in [0.2, 0.25) is 0 Å². The summed E-state index contributed by atoms with van der Waals surface area (Å²) in [5, 5.41) is 9.99. The largest absolute Gasteiger partial charge is 0.486 e. The molecule has 0 amide bonds. The fourth-order valence-corrected chi connectivity index (χ4v) is 1.82. The molecule has 15 heavy (non-hydrogen) atoms. The van der Waals surface area contributed by atoms with Crippen molar-refractivity contribution < 1.29 is 14.6 Å². The molecule has 0 aliphatic carbocycles. The third-order valence-electron chi connectivity index (χ3n) is 2.26. The predicted molar refractivity (Wildman–Crippen MR) is 56.5 cm³/mol. The van der Waals surface area contributed by atoms with Crippen molar-refractivity contribution in [2.45, 2.75) is 6.10 Å². The molecule has 3 N–H and O–H groups in total. The first-order chi connectivity index (χ1) is 7.24. The normalized spacial score (nSPS) is 16.2. The molecule has 0 bridgehead atoms. The van der Waals surface area contributed by atoms with Crippen LogP contribution in [0, 0.1) is 0 Å². The summed E-state index contributed by atoms with van der Waals surface area (Å²) in [6.07, 6.45) is -0.770. The van der Waals surface area contributed by atoms with Gasteiger partial charge in [-0.15, -0.1) is 0 Å². The summed E-state index contributed by atoms with van der Waals surface area (Å²) in [6, 6.07) is 3.43. The Bertz CT molecular complexity index is 370. The van der Waals surface area contributed by atoms with Crippen LogP contribution in [0.3, 0.4) is 0 Å². The highest BCUT2D eigenvalue weighted by Crippen LogP contribution is 2.41. The van der Waals surface area contributed by atoms with E-state index in [1.54, 1.807) is 12.1 Å². The number of rotatable bonds is 2. The van der Waals surface area contributed by atoms with Gasteiger partial charge in [0, 0.05) is 12.1 Å². The lowest BCUT2D eigenvalue weighted by atomic mass is 10.1. The van der Waals surface area contributed by atoms with E-state index in [9.17, 15) is 5.11 Å². The number of nitrogens with two attached hydrogens (primary N) is 1. The quantitative estimate of drug-likeness (QED) is 0.797. The lowest BCUT2D eigenvalue weighted by Crippen LogP contribution is -2.17. The van der Waals surface area contributed by atoms with Crippen LogP contribution in [0.25, 0.3) is 0 Å². The Morgan fingerprint density at radius 1 is 1.40 bits per heavy atom. The summed E-state index contributed by atoms with van der Waals surface area (Å²) in [5.41, 5.74) is 5.94.